The van der Waals surface area contributed by atoms with Gasteiger partial charge >= 0.3 is 6.03 Å². The van der Waals surface area contributed by atoms with Crippen molar-refractivity contribution in [2.75, 3.05) is 10.6 Å². The summed E-state index contributed by atoms with van der Waals surface area (Å²) in [6.45, 7) is 6.28. The Labute approximate surface area is 182 Å². The van der Waals surface area contributed by atoms with Crippen LogP contribution in [0.3, 0.4) is 0 Å². The first-order chi connectivity index (χ1) is 15.0. The Bertz CT molecular complexity index is 1230. The number of benzene rings is 3. The highest BCUT2D eigenvalue weighted by atomic mass is 16.5. The molecular weight excluding hydrogens is 386 g/mol. The highest BCUT2D eigenvalue weighted by molar-refractivity contribution is 6.06. The van der Waals surface area contributed by atoms with Gasteiger partial charge in [-0.1, -0.05) is 66.7 Å². The molecule has 4 rings (SSSR count). The van der Waals surface area contributed by atoms with Gasteiger partial charge in [-0.15, -0.1) is 0 Å². The fraction of sp³-hybridized carbons (Fsp3) is 0.154. The molecule has 0 atom stereocenters. The van der Waals surface area contributed by atoms with Crippen molar-refractivity contribution in [3.05, 3.63) is 95.2 Å². The molecule has 1 aromatic heterocycles. The second kappa shape index (κ2) is 8.88. The van der Waals surface area contributed by atoms with E-state index >= 15 is 0 Å². The van der Waals surface area contributed by atoms with Gasteiger partial charge in [0, 0.05) is 5.39 Å². The minimum absolute atomic E-state index is 0.330. The molecule has 156 valence electrons. The van der Waals surface area contributed by atoms with Crippen LogP contribution in [0.5, 0.6) is 5.75 Å². The van der Waals surface area contributed by atoms with Gasteiger partial charge in [0.15, 0.2) is 0 Å². The van der Waals surface area contributed by atoms with Crippen LogP contribution < -0.4 is 15.4 Å². The molecule has 0 saturated carbocycles. The molecule has 0 bridgehead atoms. The number of nitrogens with one attached hydrogen (secondary N) is 2. The lowest BCUT2D eigenvalue weighted by atomic mass is 10.1. The molecule has 0 aliphatic heterocycles. The molecule has 31 heavy (non-hydrogen) atoms. The lowest BCUT2D eigenvalue weighted by Gasteiger charge is -2.17. The molecule has 2 N–H and O–H groups in total. The Morgan fingerprint density at radius 3 is 2.35 bits per heavy atom. The topological polar surface area (TPSA) is 63.2 Å². The first-order valence-corrected chi connectivity index (χ1v) is 10.2. The average molecular weight is 412 g/mol. The first-order valence-electron chi connectivity index (χ1n) is 10.2. The van der Waals surface area contributed by atoms with E-state index in [1.54, 1.807) is 0 Å². The number of aryl methyl sites for hydroxylation is 1. The van der Waals surface area contributed by atoms with Gasteiger partial charge in [0.1, 0.15) is 18.2 Å². The highest BCUT2D eigenvalue weighted by Crippen LogP contribution is 2.30. The molecule has 0 unspecified atom stereocenters. The zero-order valence-corrected chi connectivity index (χ0v) is 17.9. The maximum absolute atomic E-state index is 12.7. The molecule has 4 aromatic rings. The summed E-state index contributed by atoms with van der Waals surface area (Å²) >= 11 is 0. The number of pyridine rings is 1. The minimum Gasteiger partial charge on any atom is -0.487 e. The number of hydrogen-bond donors (Lipinski definition) is 2. The molecule has 2 amide bonds. The number of anilines is 2. The van der Waals surface area contributed by atoms with Crippen LogP contribution in [-0.2, 0) is 6.61 Å². The van der Waals surface area contributed by atoms with Crippen LogP contribution in [0.15, 0.2) is 72.8 Å². The molecule has 0 aliphatic rings. The Kier molecular flexibility index (Phi) is 5.85. The van der Waals surface area contributed by atoms with Crippen molar-refractivity contribution in [3.63, 3.8) is 0 Å². The summed E-state index contributed by atoms with van der Waals surface area (Å²) in [6, 6.07) is 23.5. The summed E-state index contributed by atoms with van der Waals surface area (Å²) in [5, 5.41) is 7.89. The largest absolute Gasteiger partial charge is 0.487 e. The van der Waals surface area contributed by atoms with Crippen LogP contribution in [0.25, 0.3) is 10.8 Å². The van der Waals surface area contributed by atoms with Crippen molar-refractivity contribution >= 4 is 28.3 Å². The summed E-state index contributed by atoms with van der Waals surface area (Å²) in [6.07, 6.45) is 0. The quantitative estimate of drug-likeness (QED) is 0.400. The summed E-state index contributed by atoms with van der Waals surface area (Å²) < 4.78 is 6.05. The van der Waals surface area contributed by atoms with E-state index in [9.17, 15) is 4.79 Å². The lowest BCUT2D eigenvalue weighted by Crippen LogP contribution is -2.21. The smallest absolute Gasteiger partial charge is 0.324 e. The Morgan fingerprint density at radius 1 is 0.839 bits per heavy atom. The zero-order chi connectivity index (χ0) is 21.8. The van der Waals surface area contributed by atoms with E-state index in [0.29, 0.717) is 12.4 Å². The van der Waals surface area contributed by atoms with Crippen molar-refractivity contribution in [1.82, 2.24) is 4.98 Å². The summed E-state index contributed by atoms with van der Waals surface area (Å²) in [5.41, 5.74) is 4.42. The van der Waals surface area contributed by atoms with Crippen LogP contribution in [0.2, 0.25) is 0 Å². The Balaban J connectivity index is 1.51. The molecule has 0 aliphatic carbocycles. The number of aromatic nitrogens is 1. The van der Waals surface area contributed by atoms with Crippen molar-refractivity contribution in [2.24, 2.45) is 0 Å². The summed E-state index contributed by atoms with van der Waals surface area (Å²) in [4.78, 5) is 17.3. The maximum atomic E-state index is 12.7. The summed E-state index contributed by atoms with van der Waals surface area (Å²) in [7, 11) is 0. The van der Waals surface area contributed by atoms with Crippen molar-refractivity contribution in [2.45, 2.75) is 27.4 Å². The number of ether oxygens (including phenoxy) is 1. The molecule has 0 spiro atoms. The van der Waals surface area contributed by atoms with Gasteiger partial charge < -0.3 is 10.1 Å². The van der Waals surface area contributed by atoms with Gasteiger partial charge in [0.25, 0.3) is 0 Å². The van der Waals surface area contributed by atoms with Crippen LogP contribution >= 0.6 is 0 Å². The first kappa shape index (κ1) is 20.4. The normalized spacial score (nSPS) is 10.7. The van der Waals surface area contributed by atoms with Crippen molar-refractivity contribution in [1.29, 1.82) is 0 Å². The maximum Gasteiger partial charge on any atom is 0.324 e. The third-order valence-corrected chi connectivity index (χ3v) is 5.36. The number of fused-ring (bicyclic) bond motifs is 1. The predicted octanol–water partition coefficient (Wildman–Crippen LogP) is 6.38. The number of amides is 2. The Morgan fingerprint density at radius 2 is 1.55 bits per heavy atom. The molecule has 0 radical (unpaired) electrons. The zero-order valence-electron chi connectivity index (χ0n) is 17.9. The fourth-order valence-corrected chi connectivity index (χ4v) is 3.58. The fourth-order valence-electron chi connectivity index (χ4n) is 3.58. The third-order valence-electron chi connectivity index (χ3n) is 5.36. The number of hydrogen-bond acceptors (Lipinski definition) is 3. The SMILES string of the molecule is Cc1nc(NC(=O)Nc2cccc3ccccc23)c(C)c(C)c1OCc1ccccc1. The predicted molar refractivity (Wildman–Crippen MR) is 126 cm³/mol. The lowest BCUT2D eigenvalue weighted by molar-refractivity contribution is 0.262. The van der Waals surface area contributed by atoms with E-state index in [1.165, 1.54) is 0 Å². The number of carbonyl (C=O) groups is 1. The van der Waals surface area contributed by atoms with E-state index in [4.69, 9.17) is 4.74 Å². The van der Waals surface area contributed by atoms with Gasteiger partial charge in [-0.05, 0) is 48.9 Å². The van der Waals surface area contributed by atoms with Crippen LogP contribution in [0.4, 0.5) is 16.3 Å². The minimum atomic E-state index is -0.330. The molecule has 1 heterocycles. The van der Waals surface area contributed by atoms with Crippen LogP contribution in [0, 0.1) is 20.8 Å². The van der Waals surface area contributed by atoms with Crippen LogP contribution in [0.1, 0.15) is 22.4 Å². The molecule has 0 fully saturated rings. The highest BCUT2D eigenvalue weighted by Gasteiger charge is 2.15. The number of urea groups is 1. The second-order valence-corrected chi connectivity index (χ2v) is 7.51. The van der Waals surface area contributed by atoms with Crippen molar-refractivity contribution < 1.29 is 9.53 Å². The molecule has 3 aromatic carbocycles. The second-order valence-electron chi connectivity index (χ2n) is 7.51. The molecular formula is C26H25N3O2. The molecule has 5 heteroatoms. The molecule has 0 saturated heterocycles. The van der Waals surface area contributed by atoms with E-state index in [2.05, 4.69) is 15.6 Å². The third kappa shape index (κ3) is 4.51. The Hall–Kier alpha value is -3.86. The van der Waals surface area contributed by atoms with E-state index in [1.807, 2.05) is 93.6 Å². The van der Waals surface area contributed by atoms with Gasteiger partial charge in [-0.2, -0.15) is 0 Å². The van der Waals surface area contributed by atoms with Gasteiger partial charge in [0.2, 0.25) is 0 Å². The summed E-state index contributed by atoms with van der Waals surface area (Å²) in [5.74, 6) is 1.28. The van der Waals surface area contributed by atoms with Gasteiger partial charge in [-0.25, -0.2) is 9.78 Å². The van der Waals surface area contributed by atoms with Crippen molar-refractivity contribution in [3.8, 4) is 5.75 Å². The number of carbonyl (C=O) groups excluding carboxylic acids is 1. The average Bonchev–Trinajstić information content (AvgIpc) is 2.78. The van der Waals surface area contributed by atoms with E-state index in [-0.39, 0.29) is 6.03 Å². The molecule has 5 nitrogen and oxygen atoms in total. The number of rotatable bonds is 5. The van der Waals surface area contributed by atoms with Gasteiger partial charge in [-0.3, -0.25) is 5.32 Å². The number of nitrogens with zero attached hydrogens (tertiary/aromatic N) is 1. The van der Waals surface area contributed by atoms with E-state index < -0.39 is 0 Å². The van der Waals surface area contributed by atoms with E-state index in [0.717, 1.165) is 44.6 Å². The standard InChI is InChI=1S/C26H25N3O2/c1-17-18(2)25(27-19(3)24(17)31-16-20-10-5-4-6-11-20)29-26(30)28-23-15-9-13-21-12-7-8-14-22(21)23/h4-15H,16H2,1-3H3,(H2,27,28,29,30). The van der Waals surface area contributed by atoms with Crippen LogP contribution in [-0.4, -0.2) is 11.0 Å². The van der Waals surface area contributed by atoms with Gasteiger partial charge in [0.05, 0.1) is 11.4 Å². The monoisotopic (exact) mass is 411 g/mol.